The van der Waals surface area contributed by atoms with Crippen LogP contribution in [0.2, 0.25) is 0 Å². The molecule has 23 heavy (non-hydrogen) atoms. The Hall–Kier alpha value is -2.40. The van der Waals surface area contributed by atoms with Crippen molar-refractivity contribution in [2.45, 2.75) is 20.0 Å². The fourth-order valence-electron chi connectivity index (χ4n) is 2.31. The summed E-state index contributed by atoms with van der Waals surface area (Å²) < 4.78 is 12.3. The van der Waals surface area contributed by atoms with Gasteiger partial charge in [0.1, 0.15) is 5.75 Å². The zero-order valence-electron chi connectivity index (χ0n) is 12.9. The van der Waals surface area contributed by atoms with E-state index >= 15 is 0 Å². The van der Waals surface area contributed by atoms with Crippen LogP contribution in [0.3, 0.4) is 0 Å². The van der Waals surface area contributed by atoms with Crippen LogP contribution in [-0.4, -0.2) is 18.7 Å². The lowest BCUT2D eigenvalue weighted by Gasteiger charge is -2.09. The minimum Gasteiger partial charge on any atom is -0.482 e. The topological polar surface area (TPSA) is 52.6 Å². The lowest BCUT2D eigenvalue weighted by molar-refractivity contribution is -0.149. The summed E-state index contributed by atoms with van der Waals surface area (Å²) in [5.41, 5.74) is 0.0140. The third-order valence-corrected chi connectivity index (χ3v) is 4.41. The number of carbonyl (C=O) groups is 1. The highest BCUT2D eigenvalue weighted by Crippen LogP contribution is 2.27. The number of benzene rings is 2. The summed E-state index contributed by atoms with van der Waals surface area (Å²) in [6, 6.07) is 12.8. The Morgan fingerprint density at radius 2 is 1.83 bits per heavy atom. The van der Waals surface area contributed by atoms with E-state index < -0.39 is 5.97 Å². The van der Waals surface area contributed by atoms with Gasteiger partial charge in [-0.05, 0) is 44.2 Å². The van der Waals surface area contributed by atoms with Crippen molar-refractivity contribution in [3.63, 3.8) is 0 Å². The van der Waals surface area contributed by atoms with Gasteiger partial charge in [-0.3, -0.25) is 4.79 Å². The largest absolute Gasteiger partial charge is 0.482 e. The Morgan fingerprint density at radius 3 is 2.61 bits per heavy atom. The number of carbonyl (C=O) groups excluding carboxylic acids is 1. The second-order valence-electron chi connectivity index (χ2n) is 5.41. The number of hydrogen-bond acceptors (Lipinski definition) is 5. The van der Waals surface area contributed by atoms with Gasteiger partial charge in [0.2, 0.25) is 0 Å². The molecule has 5 heteroatoms. The average Bonchev–Trinajstić information content (AvgIpc) is 2.52. The molecular weight excluding hydrogens is 312 g/mol. The van der Waals surface area contributed by atoms with Gasteiger partial charge in [0.05, 0.1) is 6.10 Å². The van der Waals surface area contributed by atoms with Crippen molar-refractivity contribution in [1.82, 2.24) is 0 Å². The highest BCUT2D eigenvalue weighted by Gasteiger charge is 2.09. The Labute approximate surface area is 137 Å². The van der Waals surface area contributed by atoms with Crippen molar-refractivity contribution >= 4 is 37.5 Å². The van der Waals surface area contributed by atoms with E-state index in [2.05, 4.69) is 0 Å². The van der Waals surface area contributed by atoms with Gasteiger partial charge >= 0.3 is 5.97 Å². The Balaban J connectivity index is 1.91. The summed E-state index contributed by atoms with van der Waals surface area (Å²) in [5.74, 6) is 0.135. The molecular formula is C18H16O4S. The maximum Gasteiger partial charge on any atom is 0.344 e. The fraction of sp³-hybridized carbons (Fsp3) is 0.222. The Morgan fingerprint density at radius 1 is 1.09 bits per heavy atom. The molecule has 0 aliphatic rings. The predicted molar refractivity (Wildman–Crippen MR) is 92.3 cm³/mol. The van der Waals surface area contributed by atoms with E-state index in [-0.39, 0.29) is 18.1 Å². The molecule has 0 saturated heterocycles. The molecule has 4 nitrogen and oxygen atoms in total. The van der Waals surface area contributed by atoms with E-state index in [0.29, 0.717) is 11.1 Å². The molecule has 0 radical (unpaired) electrons. The average molecular weight is 328 g/mol. The number of hydrogen-bond donors (Lipinski definition) is 0. The molecule has 0 unspecified atom stereocenters. The Kier molecular flexibility index (Phi) is 4.30. The molecule has 1 aromatic heterocycles. The van der Waals surface area contributed by atoms with Crippen molar-refractivity contribution in [2.24, 2.45) is 0 Å². The van der Waals surface area contributed by atoms with Crippen LogP contribution in [0.25, 0.3) is 20.2 Å². The van der Waals surface area contributed by atoms with E-state index in [1.54, 1.807) is 32.0 Å². The summed E-state index contributed by atoms with van der Waals surface area (Å²) in [7, 11) is 0. The van der Waals surface area contributed by atoms with Gasteiger partial charge in [0.15, 0.2) is 12.0 Å². The van der Waals surface area contributed by atoms with Crippen LogP contribution in [0, 0.1) is 0 Å². The van der Waals surface area contributed by atoms with Gasteiger partial charge in [-0.2, -0.15) is 0 Å². The molecule has 0 N–H and O–H groups in total. The van der Waals surface area contributed by atoms with Gasteiger partial charge in [0, 0.05) is 20.2 Å². The second-order valence-corrected chi connectivity index (χ2v) is 6.50. The van der Waals surface area contributed by atoms with Crippen LogP contribution >= 0.6 is 11.3 Å². The standard InChI is InChI=1S/C18H16O4S/c1-11(2)22-17(19)10-21-12-7-8-14-16(9-12)23-15-6-4-3-5-13(15)18(14)20/h3-9,11H,10H2,1-2H3. The molecule has 2 aromatic carbocycles. The van der Waals surface area contributed by atoms with Crippen molar-refractivity contribution < 1.29 is 14.3 Å². The quantitative estimate of drug-likeness (QED) is 0.541. The van der Waals surface area contributed by atoms with Crippen molar-refractivity contribution in [1.29, 1.82) is 0 Å². The molecule has 0 atom stereocenters. The third kappa shape index (κ3) is 3.35. The van der Waals surface area contributed by atoms with Gasteiger partial charge in [0.25, 0.3) is 0 Å². The zero-order chi connectivity index (χ0) is 16.4. The molecule has 0 fully saturated rings. The van der Waals surface area contributed by atoms with Gasteiger partial charge in [-0.15, -0.1) is 11.3 Å². The minimum absolute atomic E-state index is 0.0140. The molecule has 0 aliphatic carbocycles. The summed E-state index contributed by atoms with van der Waals surface area (Å²) in [4.78, 5) is 24.0. The first-order valence-corrected chi connectivity index (χ1v) is 8.14. The second kappa shape index (κ2) is 6.38. The zero-order valence-corrected chi connectivity index (χ0v) is 13.7. The van der Waals surface area contributed by atoms with Crippen LogP contribution in [0.5, 0.6) is 5.75 Å². The van der Waals surface area contributed by atoms with Crippen LogP contribution in [0.15, 0.2) is 47.3 Å². The van der Waals surface area contributed by atoms with E-state index in [9.17, 15) is 9.59 Å². The fourth-order valence-corrected chi connectivity index (χ4v) is 3.41. The summed E-state index contributed by atoms with van der Waals surface area (Å²) >= 11 is 1.53. The van der Waals surface area contributed by atoms with E-state index in [1.807, 2.05) is 24.3 Å². The smallest absolute Gasteiger partial charge is 0.344 e. The molecule has 3 rings (SSSR count). The predicted octanol–water partition coefficient (Wildman–Crippen LogP) is 3.75. The first-order valence-electron chi connectivity index (χ1n) is 7.32. The molecule has 0 saturated carbocycles. The highest BCUT2D eigenvalue weighted by atomic mass is 32.1. The van der Waals surface area contributed by atoms with Crippen LogP contribution in [-0.2, 0) is 9.53 Å². The number of fused-ring (bicyclic) bond motifs is 2. The summed E-state index contributed by atoms with van der Waals surface area (Å²) in [5, 5.41) is 1.38. The minimum atomic E-state index is -0.410. The number of rotatable bonds is 4. The lowest BCUT2D eigenvalue weighted by atomic mass is 10.2. The van der Waals surface area contributed by atoms with Crippen molar-refractivity contribution in [3.05, 3.63) is 52.7 Å². The van der Waals surface area contributed by atoms with Gasteiger partial charge in [-0.25, -0.2) is 4.79 Å². The first-order chi connectivity index (χ1) is 11.0. The van der Waals surface area contributed by atoms with E-state index in [0.717, 1.165) is 14.8 Å². The number of ether oxygens (including phenoxy) is 2. The normalized spacial score (nSPS) is 11.1. The van der Waals surface area contributed by atoms with Crippen LogP contribution in [0.1, 0.15) is 13.8 Å². The molecule has 1 heterocycles. The van der Waals surface area contributed by atoms with Crippen LogP contribution < -0.4 is 10.2 Å². The van der Waals surface area contributed by atoms with E-state index in [1.165, 1.54) is 11.3 Å². The van der Waals surface area contributed by atoms with Gasteiger partial charge < -0.3 is 9.47 Å². The van der Waals surface area contributed by atoms with Crippen molar-refractivity contribution in [3.8, 4) is 5.75 Å². The Bertz CT molecular complexity index is 927. The summed E-state index contributed by atoms with van der Waals surface area (Å²) in [6.07, 6.45) is -0.167. The van der Waals surface area contributed by atoms with Crippen molar-refractivity contribution in [2.75, 3.05) is 6.61 Å². The maximum atomic E-state index is 12.5. The molecule has 0 spiro atoms. The SMILES string of the molecule is CC(C)OC(=O)COc1ccc2c(=O)c3ccccc3sc2c1. The van der Waals surface area contributed by atoms with E-state index in [4.69, 9.17) is 9.47 Å². The maximum absolute atomic E-state index is 12.5. The highest BCUT2D eigenvalue weighted by molar-refractivity contribution is 7.24. The monoisotopic (exact) mass is 328 g/mol. The molecule has 0 aliphatic heterocycles. The van der Waals surface area contributed by atoms with Gasteiger partial charge in [-0.1, -0.05) is 12.1 Å². The third-order valence-electron chi connectivity index (χ3n) is 3.27. The molecule has 3 aromatic rings. The molecule has 0 bridgehead atoms. The molecule has 0 amide bonds. The summed E-state index contributed by atoms with van der Waals surface area (Å²) in [6.45, 7) is 3.43. The van der Waals surface area contributed by atoms with Crippen LogP contribution in [0.4, 0.5) is 0 Å². The molecule has 118 valence electrons. The number of esters is 1. The lowest BCUT2D eigenvalue weighted by Crippen LogP contribution is -2.18. The first kappa shape index (κ1) is 15.5.